The van der Waals surface area contributed by atoms with Crippen LogP contribution >= 0.6 is 0 Å². The summed E-state index contributed by atoms with van der Waals surface area (Å²) in [7, 11) is 0. The van der Waals surface area contributed by atoms with Crippen LogP contribution in [0.25, 0.3) is 0 Å². The summed E-state index contributed by atoms with van der Waals surface area (Å²) in [6.07, 6.45) is -0.705. The van der Waals surface area contributed by atoms with Gasteiger partial charge < -0.3 is 15.7 Å². The fraction of sp³-hybridized carbons (Fsp3) is 0.300. The van der Waals surface area contributed by atoms with Crippen LogP contribution in [0.2, 0.25) is 0 Å². The first-order valence-corrected chi connectivity index (χ1v) is 4.53. The number of aliphatic hydroxyl groups is 1. The number of hydrogen-bond donors (Lipinski definition) is 3. The van der Waals surface area contributed by atoms with Crippen molar-refractivity contribution in [3.05, 3.63) is 24.3 Å². The lowest BCUT2D eigenvalue weighted by molar-refractivity contribution is -0.118. The fourth-order valence-electron chi connectivity index (χ4n) is 1.50. The molecule has 1 aromatic carbocycles. The Hall–Kier alpha value is -1.55. The maximum Gasteiger partial charge on any atom is 0.249 e. The lowest BCUT2D eigenvalue weighted by Gasteiger charge is -2.28. The van der Waals surface area contributed by atoms with Gasteiger partial charge in [0.2, 0.25) is 5.91 Å². The third-order valence-electron chi connectivity index (χ3n) is 2.26. The number of para-hydroxylation sites is 2. The van der Waals surface area contributed by atoms with Crippen LogP contribution in [0.4, 0.5) is 11.4 Å². The van der Waals surface area contributed by atoms with Crippen molar-refractivity contribution >= 4 is 17.3 Å². The molecule has 2 atom stereocenters. The Morgan fingerprint density at radius 2 is 2.00 bits per heavy atom. The SMILES string of the molecule is CC(O)C1Nc2ccccc2NC1=O. The van der Waals surface area contributed by atoms with Gasteiger partial charge in [0.15, 0.2) is 0 Å². The van der Waals surface area contributed by atoms with Gasteiger partial charge in [-0.15, -0.1) is 0 Å². The van der Waals surface area contributed by atoms with Crippen molar-refractivity contribution in [3.63, 3.8) is 0 Å². The molecule has 4 heteroatoms. The van der Waals surface area contributed by atoms with E-state index in [0.717, 1.165) is 11.4 Å². The quantitative estimate of drug-likeness (QED) is 0.616. The number of nitrogens with one attached hydrogen (secondary N) is 2. The molecule has 1 amide bonds. The number of benzene rings is 1. The van der Waals surface area contributed by atoms with Crippen LogP contribution < -0.4 is 10.6 Å². The average molecular weight is 192 g/mol. The van der Waals surface area contributed by atoms with Gasteiger partial charge in [-0.1, -0.05) is 12.1 Å². The number of amides is 1. The van der Waals surface area contributed by atoms with Crippen LogP contribution in [0.5, 0.6) is 0 Å². The van der Waals surface area contributed by atoms with Crippen LogP contribution in [0.15, 0.2) is 24.3 Å². The minimum atomic E-state index is -0.705. The smallest absolute Gasteiger partial charge is 0.249 e. The van der Waals surface area contributed by atoms with E-state index in [0.29, 0.717) is 0 Å². The summed E-state index contributed by atoms with van der Waals surface area (Å²) in [6.45, 7) is 1.59. The average Bonchev–Trinajstić information content (AvgIpc) is 2.16. The van der Waals surface area contributed by atoms with Gasteiger partial charge in [-0.25, -0.2) is 0 Å². The second-order valence-corrected chi connectivity index (χ2v) is 3.40. The highest BCUT2D eigenvalue weighted by molar-refractivity contribution is 6.03. The number of anilines is 2. The summed E-state index contributed by atoms with van der Waals surface area (Å²) < 4.78 is 0. The van der Waals surface area contributed by atoms with Gasteiger partial charge in [0.05, 0.1) is 17.5 Å². The Balaban J connectivity index is 2.31. The number of aliphatic hydroxyl groups excluding tert-OH is 1. The first kappa shape index (κ1) is 9.02. The van der Waals surface area contributed by atoms with Crippen molar-refractivity contribution in [2.45, 2.75) is 19.1 Å². The Kier molecular flexibility index (Phi) is 2.13. The maximum atomic E-state index is 11.5. The zero-order valence-corrected chi connectivity index (χ0v) is 7.82. The van der Waals surface area contributed by atoms with Crippen LogP contribution in [0, 0.1) is 0 Å². The third kappa shape index (κ3) is 1.44. The molecule has 74 valence electrons. The van der Waals surface area contributed by atoms with E-state index in [2.05, 4.69) is 10.6 Å². The molecule has 1 aliphatic rings. The molecule has 0 saturated heterocycles. The normalized spacial score (nSPS) is 21.9. The van der Waals surface area contributed by atoms with Gasteiger partial charge >= 0.3 is 0 Å². The lowest BCUT2D eigenvalue weighted by atomic mass is 10.1. The molecule has 0 aliphatic carbocycles. The first-order chi connectivity index (χ1) is 6.68. The molecule has 1 aromatic rings. The Labute approximate surface area is 81.9 Å². The minimum Gasteiger partial charge on any atom is -0.391 e. The van der Waals surface area contributed by atoms with Crippen molar-refractivity contribution in [2.75, 3.05) is 10.6 Å². The predicted molar refractivity (Wildman–Crippen MR) is 54.2 cm³/mol. The fourth-order valence-corrected chi connectivity index (χ4v) is 1.50. The molecule has 0 bridgehead atoms. The number of carbonyl (C=O) groups excluding carboxylic acids is 1. The minimum absolute atomic E-state index is 0.196. The Morgan fingerprint density at radius 1 is 1.36 bits per heavy atom. The van der Waals surface area contributed by atoms with E-state index in [1.165, 1.54) is 0 Å². The van der Waals surface area contributed by atoms with Crippen molar-refractivity contribution in [2.24, 2.45) is 0 Å². The van der Waals surface area contributed by atoms with E-state index in [1.807, 2.05) is 24.3 Å². The van der Waals surface area contributed by atoms with Crippen LogP contribution in [0.1, 0.15) is 6.92 Å². The molecule has 0 spiro atoms. The summed E-state index contributed by atoms with van der Waals surface area (Å²) in [4.78, 5) is 11.5. The molecule has 2 rings (SSSR count). The Morgan fingerprint density at radius 3 is 2.64 bits per heavy atom. The molecule has 4 nitrogen and oxygen atoms in total. The van der Waals surface area contributed by atoms with Gasteiger partial charge in [0.25, 0.3) is 0 Å². The molecule has 1 heterocycles. The summed E-state index contributed by atoms with van der Waals surface area (Å²) in [6, 6.07) is 6.85. The van der Waals surface area contributed by atoms with Gasteiger partial charge in [-0.3, -0.25) is 4.79 Å². The lowest BCUT2D eigenvalue weighted by Crippen LogP contribution is -2.45. The van der Waals surface area contributed by atoms with Crippen molar-refractivity contribution in [3.8, 4) is 0 Å². The van der Waals surface area contributed by atoms with E-state index in [9.17, 15) is 9.90 Å². The topological polar surface area (TPSA) is 61.4 Å². The van der Waals surface area contributed by atoms with E-state index in [4.69, 9.17) is 0 Å². The van der Waals surface area contributed by atoms with Crippen LogP contribution in [0.3, 0.4) is 0 Å². The van der Waals surface area contributed by atoms with E-state index in [1.54, 1.807) is 6.92 Å². The van der Waals surface area contributed by atoms with E-state index in [-0.39, 0.29) is 5.91 Å². The largest absolute Gasteiger partial charge is 0.391 e. The third-order valence-corrected chi connectivity index (χ3v) is 2.26. The molecule has 3 N–H and O–H groups in total. The highest BCUT2D eigenvalue weighted by Gasteiger charge is 2.28. The van der Waals surface area contributed by atoms with E-state index < -0.39 is 12.1 Å². The van der Waals surface area contributed by atoms with Crippen molar-refractivity contribution in [1.82, 2.24) is 0 Å². The molecule has 14 heavy (non-hydrogen) atoms. The number of hydrogen-bond acceptors (Lipinski definition) is 3. The van der Waals surface area contributed by atoms with Crippen LogP contribution in [-0.2, 0) is 4.79 Å². The van der Waals surface area contributed by atoms with Gasteiger partial charge in [0.1, 0.15) is 6.04 Å². The Bertz CT molecular complexity index is 363. The molecule has 0 aromatic heterocycles. The first-order valence-electron chi connectivity index (χ1n) is 4.53. The van der Waals surface area contributed by atoms with Crippen LogP contribution in [-0.4, -0.2) is 23.2 Å². The molecular weight excluding hydrogens is 180 g/mol. The number of rotatable bonds is 1. The molecule has 0 saturated carbocycles. The summed E-state index contributed by atoms with van der Waals surface area (Å²) in [5, 5.41) is 15.1. The molecular formula is C10H12N2O2. The zero-order chi connectivity index (χ0) is 10.1. The second kappa shape index (κ2) is 3.31. The second-order valence-electron chi connectivity index (χ2n) is 3.40. The summed E-state index contributed by atoms with van der Waals surface area (Å²) in [5.74, 6) is -0.196. The highest BCUT2D eigenvalue weighted by atomic mass is 16.3. The van der Waals surface area contributed by atoms with Gasteiger partial charge in [-0.05, 0) is 19.1 Å². The highest BCUT2D eigenvalue weighted by Crippen LogP contribution is 2.26. The van der Waals surface area contributed by atoms with Crippen molar-refractivity contribution < 1.29 is 9.90 Å². The summed E-state index contributed by atoms with van der Waals surface area (Å²) in [5.41, 5.74) is 1.60. The predicted octanol–water partition coefficient (Wildman–Crippen LogP) is 0.800. The van der Waals surface area contributed by atoms with Gasteiger partial charge in [0, 0.05) is 0 Å². The molecule has 2 unspecified atom stereocenters. The molecule has 0 fully saturated rings. The van der Waals surface area contributed by atoms with E-state index >= 15 is 0 Å². The zero-order valence-electron chi connectivity index (χ0n) is 7.82. The summed E-state index contributed by atoms with van der Waals surface area (Å²) >= 11 is 0. The number of carbonyl (C=O) groups is 1. The van der Waals surface area contributed by atoms with Crippen molar-refractivity contribution in [1.29, 1.82) is 0 Å². The molecule has 0 radical (unpaired) electrons. The maximum absolute atomic E-state index is 11.5. The molecule has 1 aliphatic heterocycles. The monoisotopic (exact) mass is 192 g/mol. The number of fused-ring (bicyclic) bond motifs is 1. The standard InChI is InChI=1S/C10H12N2O2/c1-6(13)9-10(14)12-8-5-3-2-4-7(8)11-9/h2-6,9,11,13H,1H3,(H,12,14). The van der Waals surface area contributed by atoms with Gasteiger partial charge in [-0.2, -0.15) is 0 Å².